The van der Waals surface area contributed by atoms with Crippen molar-refractivity contribution >= 4 is 11.6 Å². The molecule has 2 aromatic rings. The van der Waals surface area contributed by atoms with E-state index in [0.29, 0.717) is 30.1 Å². The first-order valence-electron chi connectivity index (χ1n) is 11.2. The van der Waals surface area contributed by atoms with Crippen molar-refractivity contribution < 1.29 is 4.79 Å². The number of rotatable bonds is 6. The van der Waals surface area contributed by atoms with Gasteiger partial charge in [0.1, 0.15) is 0 Å². The van der Waals surface area contributed by atoms with Crippen LogP contribution in [0.5, 0.6) is 0 Å². The van der Waals surface area contributed by atoms with Crippen LogP contribution in [-0.2, 0) is 4.79 Å². The molecule has 1 unspecified atom stereocenters. The van der Waals surface area contributed by atoms with E-state index in [1.165, 1.54) is 16.8 Å². The van der Waals surface area contributed by atoms with Crippen molar-refractivity contribution in [2.24, 2.45) is 5.92 Å². The zero-order valence-corrected chi connectivity index (χ0v) is 17.8. The van der Waals surface area contributed by atoms with Crippen LogP contribution in [-0.4, -0.2) is 42.0 Å². The lowest BCUT2D eigenvalue weighted by Crippen LogP contribution is -2.45. The molecular weight excluding hydrogens is 358 g/mol. The molecule has 29 heavy (non-hydrogen) atoms. The monoisotopic (exact) mass is 391 g/mol. The van der Waals surface area contributed by atoms with Crippen molar-refractivity contribution in [3.8, 4) is 0 Å². The quantitative estimate of drug-likeness (QED) is 0.708. The first kappa shape index (κ1) is 19.9. The predicted molar refractivity (Wildman–Crippen MR) is 118 cm³/mol. The number of likely N-dealkylation sites (tertiary alicyclic amines) is 1. The molecule has 0 saturated carbocycles. The molecule has 0 N–H and O–H groups in total. The van der Waals surface area contributed by atoms with E-state index in [9.17, 15) is 4.79 Å². The second-order valence-corrected chi connectivity index (χ2v) is 8.85. The maximum atomic E-state index is 12.4. The number of aromatic nitrogens is 1. The molecule has 0 bridgehead atoms. The maximum Gasteiger partial charge on any atom is 0.222 e. The summed E-state index contributed by atoms with van der Waals surface area (Å²) in [7, 11) is 0. The third-order valence-corrected chi connectivity index (χ3v) is 6.83. The van der Waals surface area contributed by atoms with Gasteiger partial charge in [0.25, 0.3) is 0 Å². The lowest BCUT2D eigenvalue weighted by molar-refractivity contribution is -0.133. The summed E-state index contributed by atoms with van der Waals surface area (Å²) >= 11 is 0. The molecule has 1 amide bonds. The summed E-state index contributed by atoms with van der Waals surface area (Å²) in [5, 5.41) is 0. The van der Waals surface area contributed by atoms with Crippen LogP contribution in [0.3, 0.4) is 0 Å². The fourth-order valence-electron chi connectivity index (χ4n) is 4.51. The summed E-state index contributed by atoms with van der Waals surface area (Å²) in [6.07, 6.45) is 7.77. The largest absolute Gasteiger partial charge is 0.370 e. The summed E-state index contributed by atoms with van der Waals surface area (Å²) < 4.78 is 0. The van der Waals surface area contributed by atoms with Crippen LogP contribution in [0.2, 0.25) is 0 Å². The van der Waals surface area contributed by atoms with Crippen molar-refractivity contribution in [3.05, 3.63) is 59.9 Å². The lowest BCUT2D eigenvalue weighted by Gasteiger charge is -2.41. The van der Waals surface area contributed by atoms with Gasteiger partial charge in [0.2, 0.25) is 5.91 Å². The normalized spacial score (nSPS) is 19.1. The van der Waals surface area contributed by atoms with Crippen LogP contribution < -0.4 is 4.90 Å². The highest BCUT2D eigenvalue weighted by molar-refractivity contribution is 5.76. The molecule has 2 fully saturated rings. The second kappa shape index (κ2) is 8.98. The standard InChI is InChI=1S/C25H33N3O/c1-3-19(2)15-25(29)27-13-10-21(11-14-27)20-6-8-24(9-7-20)28-17-23(18-28)22-5-4-12-26-16-22/h4-9,12,16,19,21,23H,3,10-11,13-15,17-18H2,1-2H3. The van der Waals surface area contributed by atoms with Crippen molar-refractivity contribution in [2.75, 3.05) is 31.1 Å². The number of anilines is 1. The highest BCUT2D eigenvalue weighted by Crippen LogP contribution is 2.34. The molecule has 2 saturated heterocycles. The minimum absolute atomic E-state index is 0.342. The Labute approximate surface area is 174 Å². The van der Waals surface area contributed by atoms with E-state index in [1.807, 2.05) is 18.5 Å². The Kier molecular flexibility index (Phi) is 6.17. The SMILES string of the molecule is CCC(C)CC(=O)N1CCC(c2ccc(N3CC(c4cccnc4)C3)cc2)CC1. The third kappa shape index (κ3) is 4.63. The van der Waals surface area contributed by atoms with E-state index in [0.717, 1.165) is 45.4 Å². The van der Waals surface area contributed by atoms with Crippen LogP contribution in [0.25, 0.3) is 0 Å². The minimum Gasteiger partial charge on any atom is -0.370 e. The number of piperidine rings is 1. The van der Waals surface area contributed by atoms with Gasteiger partial charge in [0.15, 0.2) is 0 Å². The molecule has 0 radical (unpaired) electrons. The van der Waals surface area contributed by atoms with Gasteiger partial charge in [-0.3, -0.25) is 9.78 Å². The van der Waals surface area contributed by atoms with Gasteiger partial charge in [-0.1, -0.05) is 38.5 Å². The van der Waals surface area contributed by atoms with Crippen molar-refractivity contribution in [1.29, 1.82) is 0 Å². The molecule has 4 nitrogen and oxygen atoms in total. The number of carbonyl (C=O) groups excluding carboxylic acids is 1. The van der Waals surface area contributed by atoms with Gasteiger partial charge in [-0.05, 0) is 54.0 Å². The van der Waals surface area contributed by atoms with Gasteiger partial charge in [-0.25, -0.2) is 0 Å². The molecule has 154 valence electrons. The Hall–Kier alpha value is -2.36. The highest BCUT2D eigenvalue weighted by Gasteiger charge is 2.29. The van der Waals surface area contributed by atoms with E-state index in [2.05, 4.69) is 59.0 Å². The summed E-state index contributed by atoms with van der Waals surface area (Å²) in [5.41, 5.74) is 4.08. The van der Waals surface area contributed by atoms with Crippen LogP contribution >= 0.6 is 0 Å². The number of nitrogens with zero attached hydrogens (tertiary/aromatic N) is 3. The first-order valence-corrected chi connectivity index (χ1v) is 11.2. The average Bonchev–Trinajstić information content (AvgIpc) is 2.74. The van der Waals surface area contributed by atoms with E-state index in [-0.39, 0.29) is 0 Å². The van der Waals surface area contributed by atoms with E-state index in [1.54, 1.807) is 0 Å². The summed E-state index contributed by atoms with van der Waals surface area (Å²) in [6.45, 7) is 8.28. The van der Waals surface area contributed by atoms with Gasteiger partial charge in [-0.2, -0.15) is 0 Å². The van der Waals surface area contributed by atoms with Crippen LogP contribution in [0, 0.1) is 5.92 Å². The Balaban J connectivity index is 1.27. The van der Waals surface area contributed by atoms with Crippen LogP contribution in [0.1, 0.15) is 62.5 Å². The van der Waals surface area contributed by atoms with Crippen molar-refractivity contribution in [3.63, 3.8) is 0 Å². The van der Waals surface area contributed by atoms with E-state index < -0.39 is 0 Å². The molecule has 2 aliphatic rings. The van der Waals surface area contributed by atoms with Gasteiger partial charge in [0.05, 0.1) is 0 Å². The van der Waals surface area contributed by atoms with Crippen molar-refractivity contribution in [1.82, 2.24) is 9.88 Å². The highest BCUT2D eigenvalue weighted by atomic mass is 16.2. The Morgan fingerprint density at radius 3 is 2.41 bits per heavy atom. The molecule has 1 aromatic carbocycles. The minimum atomic E-state index is 0.342. The molecule has 0 aliphatic carbocycles. The average molecular weight is 392 g/mol. The molecule has 4 heteroatoms. The number of hydrogen-bond donors (Lipinski definition) is 0. The summed E-state index contributed by atoms with van der Waals surface area (Å²) in [6, 6.07) is 13.3. The van der Waals surface area contributed by atoms with Gasteiger partial charge < -0.3 is 9.80 Å². The topological polar surface area (TPSA) is 36.4 Å². The molecule has 0 spiro atoms. The zero-order chi connectivity index (χ0) is 20.2. The van der Waals surface area contributed by atoms with Gasteiger partial charge in [0, 0.05) is 56.6 Å². The summed E-state index contributed by atoms with van der Waals surface area (Å²) in [5.74, 6) is 2.01. The van der Waals surface area contributed by atoms with Gasteiger partial charge >= 0.3 is 0 Å². The smallest absolute Gasteiger partial charge is 0.222 e. The number of pyridine rings is 1. The second-order valence-electron chi connectivity index (χ2n) is 8.85. The molecule has 1 aromatic heterocycles. The van der Waals surface area contributed by atoms with Crippen LogP contribution in [0.4, 0.5) is 5.69 Å². The molecule has 2 aliphatic heterocycles. The molecule has 1 atom stereocenters. The molecular formula is C25H33N3O. The predicted octanol–water partition coefficient (Wildman–Crippen LogP) is 4.83. The Bertz CT molecular complexity index is 791. The number of hydrogen-bond acceptors (Lipinski definition) is 3. The van der Waals surface area contributed by atoms with Crippen LogP contribution in [0.15, 0.2) is 48.8 Å². The fourth-order valence-corrected chi connectivity index (χ4v) is 4.51. The Morgan fingerprint density at radius 2 is 1.79 bits per heavy atom. The van der Waals surface area contributed by atoms with E-state index >= 15 is 0 Å². The summed E-state index contributed by atoms with van der Waals surface area (Å²) in [4.78, 5) is 21.2. The number of benzene rings is 1. The molecule has 4 rings (SSSR count). The lowest BCUT2D eigenvalue weighted by atomic mass is 9.88. The molecule has 3 heterocycles. The fraction of sp³-hybridized carbons (Fsp3) is 0.520. The van der Waals surface area contributed by atoms with E-state index in [4.69, 9.17) is 0 Å². The first-order chi connectivity index (χ1) is 14.1. The van der Waals surface area contributed by atoms with Gasteiger partial charge in [-0.15, -0.1) is 0 Å². The van der Waals surface area contributed by atoms with Crippen molar-refractivity contribution in [2.45, 2.75) is 51.4 Å². The number of amides is 1. The number of carbonyl (C=O) groups is 1. The Morgan fingerprint density at radius 1 is 1.07 bits per heavy atom. The zero-order valence-electron chi connectivity index (χ0n) is 17.8. The third-order valence-electron chi connectivity index (χ3n) is 6.83. The maximum absolute atomic E-state index is 12.4.